The summed E-state index contributed by atoms with van der Waals surface area (Å²) in [6, 6.07) is 16.1. The summed E-state index contributed by atoms with van der Waals surface area (Å²) < 4.78 is 10.0. The Hall–Kier alpha value is -3.59. The van der Waals surface area contributed by atoms with Gasteiger partial charge in [-0.05, 0) is 35.3 Å². The standard InChI is InChI=1S/C22H22N2O4/c1-15(2)17-9-7-16(8-10-17)11-18(13-23)22(26)28-14-21(25)24-19-5-4-6-20(12-19)27-3/h4-12,15H,14H2,1-3H3,(H,24,25)/b18-11+. The second kappa shape index (κ2) is 9.93. The van der Waals surface area contributed by atoms with Crippen LogP contribution in [0, 0.1) is 11.3 Å². The summed E-state index contributed by atoms with van der Waals surface area (Å²) in [4.78, 5) is 24.1. The van der Waals surface area contributed by atoms with E-state index in [9.17, 15) is 14.9 Å². The van der Waals surface area contributed by atoms with E-state index >= 15 is 0 Å². The summed E-state index contributed by atoms with van der Waals surface area (Å²) in [5, 5.41) is 11.8. The minimum atomic E-state index is -0.851. The number of ether oxygens (including phenoxy) is 2. The molecule has 6 heteroatoms. The van der Waals surface area contributed by atoms with Gasteiger partial charge in [-0.25, -0.2) is 4.79 Å². The number of nitriles is 1. The first-order chi connectivity index (χ1) is 13.4. The molecule has 0 saturated heterocycles. The zero-order valence-corrected chi connectivity index (χ0v) is 16.1. The number of carbonyl (C=O) groups is 2. The number of nitrogens with one attached hydrogen (secondary N) is 1. The van der Waals surface area contributed by atoms with E-state index in [4.69, 9.17) is 9.47 Å². The lowest BCUT2D eigenvalue weighted by Crippen LogP contribution is -2.21. The van der Waals surface area contributed by atoms with Gasteiger partial charge in [-0.3, -0.25) is 4.79 Å². The van der Waals surface area contributed by atoms with Crippen molar-refractivity contribution in [2.75, 3.05) is 19.0 Å². The Morgan fingerprint density at radius 2 is 1.89 bits per heavy atom. The van der Waals surface area contributed by atoms with Crippen LogP contribution in [0.3, 0.4) is 0 Å². The van der Waals surface area contributed by atoms with E-state index in [1.807, 2.05) is 30.3 Å². The summed E-state index contributed by atoms with van der Waals surface area (Å²) in [5.41, 5.74) is 2.21. The molecule has 2 aromatic rings. The first kappa shape index (κ1) is 20.7. The van der Waals surface area contributed by atoms with Gasteiger partial charge in [-0.15, -0.1) is 0 Å². The quantitative estimate of drug-likeness (QED) is 0.448. The summed E-state index contributed by atoms with van der Waals surface area (Å²) in [5.74, 6) is -0.383. The predicted molar refractivity (Wildman–Crippen MR) is 107 cm³/mol. The number of rotatable bonds is 7. The first-order valence-corrected chi connectivity index (χ1v) is 8.75. The lowest BCUT2D eigenvalue weighted by atomic mass is 10.0. The highest BCUT2D eigenvalue weighted by Gasteiger charge is 2.13. The fourth-order valence-corrected chi connectivity index (χ4v) is 2.39. The van der Waals surface area contributed by atoms with Gasteiger partial charge in [-0.1, -0.05) is 44.2 Å². The molecule has 0 aliphatic heterocycles. The third-order valence-corrected chi connectivity index (χ3v) is 3.94. The van der Waals surface area contributed by atoms with Crippen LogP contribution >= 0.6 is 0 Å². The molecule has 0 radical (unpaired) electrons. The van der Waals surface area contributed by atoms with Crippen molar-refractivity contribution < 1.29 is 19.1 Å². The van der Waals surface area contributed by atoms with E-state index in [1.54, 1.807) is 24.3 Å². The van der Waals surface area contributed by atoms with Gasteiger partial charge in [0.15, 0.2) is 6.61 Å². The van der Waals surface area contributed by atoms with Crippen LogP contribution in [-0.4, -0.2) is 25.6 Å². The van der Waals surface area contributed by atoms with Gasteiger partial charge in [0.1, 0.15) is 17.4 Å². The van der Waals surface area contributed by atoms with Crippen LogP contribution in [0.1, 0.15) is 30.9 Å². The Morgan fingerprint density at radius 3 is 2.50 bits per heavy atom. The number of hydrogen-bond donors (Lipinski definition) is 1. The SMILES string of the molecule is COc1cccc(NC(=O)COC(=O)/C(C#N)=C/c2ccc(C(C)C)cc2)c1. The van der Waals surface area contributed by atoms with Crippen molar-refractivity contribution in [3.05, 3.63) is 65.2 Å². The predicted octanol–water partition coefficient (Wildman–Crippen LogP) is 3.91. The van der Waals surface area contributed by atoms with Gasteiger partial charge in [0.25, 0.3) is 5.91 Å². The zero-order chi connectivity index (χ0) is 20.5. The van der Waals surface area contributed by atoms with Gasteiger partial charge < -0.3 is 14.8 Å². The number of benzene rings is 2. The molecule has 1 N–H and O–H groups in total. The summed E-state index contributed by atoms with van der Waals surface area (Å²) in [7, 11) is 1.52. The van der Waals surface area contributed by atoms with E-state index in [1.165, 1.54) is 13.2 Å². The molecule has 2 rings (SSSR count). The highest BCUT2D eigenvalue weighted by Crippen LogP contribution is 2.17. The average molecular weight is 378 g/mol. The Bertz CT molecular complexity index is 909. The maximum atomic E-state index is 12.1. The summed E-state index contributed by atoms with van der Waals surface area (Å²) in [6.07, 6.45) is 1.44. The third kappa shape index (κ3) is 5.99. The average Bonchev–Trinajstić information content (AvgIpc) is 2.70. The molecule has 0 heterocycles. The molecule has 1 amide bonds. The van der Waals surface area contributed by atoms with Crippen molar-refractivity contribution in [2.24, 2.45) is 0 Å². The van der Waals surface area contributed by atoms with Crippen LogP contribution in [0.5, 0.6) is 5.75 Å². The van der Waals surface area contributed by atoms with Crippen molar-refractivity contribution in [1.29, 1.82) is 5.26 Å². The normalized spacial score (nSPS) is 10.9. The number of esters is 1. The van der Waals surface area contributed by atoms with Crippen LogP contribution in [0.25, 0.3) is 6.08 Å². The largest absolute Gasteiger partial charge is 0.497 e. The van der Waals surface area contributed by atoms with Crippen LogP contribution in [-0.2, 0) is 14.3 Å². The number of anilines is 1. The molecule has 2 aromatic carbocycles. The molecule has 28 heavy (non-hydrogen) atoms. The van der Waals surface area contributed by atoms with Crippen LogP contribution in [0.4, 0.5) is 5.69 Å². The molecule has 0 spiro atoms. The highest BCUT2D eigenvalue weighted by molar-refractivity contribution is 6.00. The van der Waals surface area contributed by atoms with Gasteiger partial charge >= 0.3 is 5.97 Å². The van der Waals surface area contributed by atoms with Crippen LogP contribution < -0.4 is 10.1 Å². The van der Waals surface area contributed by atoms with Crippen molar-refractivity contribution in [2.45, 2.75) is 19.8 Å². The monoisotopic (exact) mass is 378 g/mol. The summed E-state index contributed by atoms with van der Waals surface area (Å²) >= 11 is 0. The van der Waals surface area contributed by atoms with E-state index in [0.717, 1.165) is 5.56 Å². The molecular weight excluding hydrogens is 356 g/mol. The molecular formula is C22H22N2O4. The maximum absolute atomic E-state index is 12.1. The molecule has 6 nitrogen and oxygen atoms in total. The van der Waals surface area contributed by atoms with Gasteiger partial charge in [0.2, 0.25) is 0 Å². The smallest absolute Gasteiger partial charge is 0.349 e. The lowest BCUT2D eigenvalue weighted by molar-refractivity contribution is -0.142. The first-order valence-electron chi connectivity index (χ1n) is 8.75. The Balaban J connectivity index is 1.95. The second-order valence-electron chi connectivity index (χ2n) is 6.35. The Labute approximate surface area is 164 Å². The van der Waals surface area contributed by atoms with E-state index < -0.39 is 18.5 Å². The molecule has 0 bridgehead atoms. The number of hydrogen-bond acceptors (Lipinski definition) is 5. The van der Waals surface area contributed by atoms with E-state index in [0.29, 0.717) is 22.9 Å². The molecule has 0 atom stereocenters. The number of methoxy groups -OCH3 is 1. The highest BCUT2D eigenvalue weighted by atomic mass is 16.5. The van der Waals surface area contributed by atoms with Gasteiger partial charge in [0.05, 0.1) is 7.11 Å². The minimum Gasteiger partial charge on any atom is -0.497 e. The topological polar surface area (TPSA) is 88.4 Å². The van der Waals surface area contributed by atoms with E-state index in [2.05, 4.69) is 19.2 Å². The van der Waals surface area contributed by atoms with Crippen molar-refractivity contribution in [1.82, 2.24) is 0 Å². The molecule has 144 valence electrons. The molecule has 0 unspecified atom stereocenters. The fourth-order valence-electron chi connectivity index (χ4n) is 2.39. The number of nitrogens with zero attached hydrogens (tertiary/aromatic N) is 1. The third-order valence-electron chi connectivity index (χ3n) is 3.94. The Kier molecular flexibility index (Phi) is 7.35. The van der Waals surface area contributed by atoms with Crippen LogP contribution in [0.15, 0.2) is 54.1 Å². The lowest BCUT2D eigenvalue weighted by Gasteiger charge is -2.08. The number of carbonyl (C=O) groups excluding carboxylic acids is 2. The van der Waals surface area contributed by atoms with E-state index in [-0.39, 0.29) is 5.57 Å². The maximum Gasteiger partial charge on any atom is 0.349 e. The van der Waals surface area contributed by atoms with Crippen LogP contribution in [0.2, 0.25) is 0 Å². The molecule has 0 aliphatic rings. The van der Waals surface area contributed by atoms with Crippen molar-refractivity contribution in [3.63, 3.8) is 0 Å². The fraction of sp³-hybridized carbons (Fsp3) is 0.227. The van der Waals surface area contributed by atoms with Crippen molar-refractivity contribution in [3.8, 4) is 11.8 Å². The van der Waals surface area contributed by atoms with Crippen molar-refractivity contribution >= 4 is 23.6 Å². The molecule has 0 aliphatic carbocycles. The Morgan fingerprint density at radius 1 is 1.18 bits per heavy atom. The van der Waals surface area contributed by atoms with Gasteiger partial charge in [0, 0.05) is 11.8 Å². The molecule has 0 fully saturated rings. The zero-order valence-electron chi connectivity index (χ0n) is 16.1. The molecule has 0 saturated carbocycles. The second-order valence-corrected chi connectivity index (χ2v) is 6.35. The summed E-state index contributed by atoms with van der Waals surface area (Å²) in [6.45, 7) is 3.67. The minimum absolute atomic E-state index is 0.175. The van der Waals surface area contributed by atoms with Gasteiger partial charge in [-0.2, -0.15) is 5.26 Å². The molecule has 0 aromatic heterocycles. The number of amides is 1.